The van der Waals surface area contributed by atoms with Gasteiger partial charge in [-0.05, 0) is 36.8 Å². The van der Waals surface area contributed by atoms with Crippen molar-refractivity contribution in [3.05, 3.63) is 77.1 Å². The number of para-hydroxylation sites is 1. The third kappa shape index (κ3) is 3.57. The molecule has 4 rings (SSSR count). The maximum absolute atomic E-state index is 13.3. The van der Waals surface area contributed by atoms with E-state index in [9.17, 15) is 14.7 Å². The highest BCUT2D eigenvalue weighted by atomic mass is 16.5. The number of allylic oxidation sites excluding steroid dienone is 1. The molecule has 31 heavy (non-hydrogen) atoms. The molecule has 0 saturated carbocycles. The smallest absolute Gasteiger partial charge is 0.255 e. The van der Waals surface area contributed by atoms with Crippen molar-refractivity contribution < 1.29 is 19.4 Å². The van der Waals surface area contributed by atoms with Gasteiger partial charge in [0, 0.05) is 11.4 Å². The van der Waals surface area contributed by atoms with E-state index >= 15 is 0 Å². The van der Waals surface area contributed by atoms with Crippen molar-refractivity contribution in [2.75, 3.05) is 17.7 Å². The molecule has 1 unspecified atom stereocenters. The highest BCUT2D eigenvalue weighted by Crippen LogP contribution is 2.40. The van der Waals surface area contributed by atoms with E-state index in [0.717, 1.165) is 0 Å². The van der Waals surface area contributed by atoms with Gasteiger partial charge in [-0.1, -0.05) is 24.3 Å². The lowest BCUT2D eigenvalue weighted by Gasteiger charge is -2.30. The normalized spacial score (nSPS) is 15.1. The average Bonchev–Trinajstić information content (AvgIpc) is 3.17. The van der Waals surface area contributed by atoms with Crippen LogP contribution < -0.4 is 21.1 Å². The van der Waals surface area contributed by atoms with E-state index < -0.39 is 11.9 Å². The van der Waals surface area contributed by atoms with Crippen molar-refractivity contribution in [1.29, 1.82) is 0 Å². The summed E-state index contributed by atoms with van der Waals surface area (Å²) in [6.07, 6.45) is 1.36. The van der Waals surface area contributed by atoms with Gasteiger partial charge < -0.3 is 26.2 Å². The van der Waals surface area contributed by atoms with Crippen LogP contribution in [-0.2, 0) is 4.79 Å². The minimum absolute atomic E-state index is 0.0327. The molecule has 158 valence electrons. The number of rotatable bonds is 5. The first-order valence-corrected chi connectivity index (χ1v) is 9.49. The molecule has 0 aliphatic carbocycles. The summed E-state index contributed by atoms with van der Waals surface area (Å²) in [6.45, 7) is 1.74. The molecule has 2 heterocycles. The molecule has 9 nitrogen and oxygen atoms in total. The number of amides is 2. The largest absolute Gasteiger partial charge is 0.504 e. The van der Waals surface area contributed by atoms with E-state index in [1.54, 1.807) is 31.2 Å². The fourth-order valence-electron chi connectivity index (χ4n) is 3.62. The van der Waals surface area contributed by atoms with E-state index in [-0.39, 0.29) is 23.0 Å². The molecule has 0 bridgehead atoms. The van der Waals surface area contributed by atoms with Gasteiger partial charge >= 0.3 is 0 Å². The lowest BCUT2D eigenvalue weighted by atomic mass is 9.94. The Bertz CT molecular complexity index is 1200. The first kappa shape index (κ1) is 20.0. The van der Waals surface area contributed by atoms with Crippen LogP contribution in [0.25, 0.3) is 0 Å². The zero-order chi connectivity index (χ0) is 22.1. The Morgan fingerprint density at radius 2 is 1.97 bits per heavy atom. The minimum Gasteiger partial charge on any atom is -0.504 e. The van der Waals surface area contributed by atoms with Crippen LogP contribution in [0.1, 0.15) is 28.9 Å². The fourth-order valence-corrected chi connectivity index (χ4v) is 3.62. The van der Waals surface area contributed by atoms with Gasteiger partial charge in [0.05, 0.1) is 18.9 Å². The van der Waals surface area contributed by atoms with Crippen LogP contribution in [0.3, 0.4) is 0 Å². The van der Waals surface area contributed by atoms with Crippen molar-refractivity contribution in [2.45, 2.75) is 13.0 Å². The van der Waals surface area contributed by atoms with Crippen LogP contribution in [0.5, 0.6) is 11.5 Å². The Morgan fingerprint density at radius 3 is 2.65 bits per heavy atom. The Labute approximate surface area is 178 Å². The molecular formula is C22H21N5O4. The Kier molecular flexibility index (Phi) is 5.08. The van der Waals surface area contributed by atoms with Crippen LogP contribution in [0.2, 0.25) is 0 Å². The summed E-state index contributed by atoms with van der Waals surface area (Å²) in [6, 6.07) is 13.2. The number of aromatic hydroxyl groups is 1. The molecule has 3 aromatic rings. The van der Waals surface area contributed by atoms with E-state index in [0.29, 0.717) is 28.3 Å². The number of hydrogen-bond donors (Lipinski definition) is 4. The Hall–Kier alpha value is -4.27. The highest BCUT2D eigenvalue weighted by molar-refractivity contribution is 6.06. The number of nitrogens with two attached hydrogens (primary N) is 1. The van der Waals surface area contributed by atoms with Gasteiger partial charge in [0.15, 0.2) is 11.5 Å². The van der Waals surface area contributed by atoms with Crippen LogP contribution in [0.15, 0.2) is 66.0 Å². The molecule has 0 radical (unpaired) electrons. The van der Waals surface area contributed by atoms with Crippen molar-refractivity contribution in [1.82, 2.24) is 9.78 Å². The highest BCUT2D eigenvalue weighted by Gasteiger charge is 2.35. The molecule has 0 fully saturated rings. The summed E-state index contributed by atoms with van der Waals surface area (Å²) >= 11 is 0. The second-order valence-corrected chi connectivity index (χ2v) is 7.03. The number of nitrogens with zero attached hydrogens (tertiary/aromatic N) is 2. The minimum atomic E-state index is -0.692. The van der Waals surface area contributed by atoms with Crippen molar-refractivity contribution >= 4 is 23.3 Å². The lowest BCUT2D eigenvalue weighted by molar-refractivity contribution is -0.113. The average molecular weight is 419 g/mol. The number of phenols is 1. The molecule has 9 heteroatoms. The fraction of sp³-hybridized carbons (Fsp3) is 0.136. The van der Waals surface area contributed by atoms with Crippen LogP contribution in [0.4, 0.5) is 11.5 Å². The van der Waals surface area contributed by atoms with Crippen molar-refractivity contribution in [2.24, 2.45) is 5.73 Å². The number of primary amides is 1. The van der Waals surface area contributed by atoms with E-state index in [1.807, 2.05) is 18.2 Å². The van der Waals surface area contributed by atoms with Gasteiger partial charge in [-0.15, -0.1) is 0 Å². The summed E-state index contributed by atoms with van der Waals surface area (Å²) in [5, 5.41) is 20.3. The molecule has 1 aliphatic rings. The van der Waals surface area contributed by atoms with Crippen LogP contribution in [0, 0.1) is 0 Å². The lowest BCUT2D eigenvalue weighted by Crippen LogP contribution is -2.32. The van der Waals surface area contributed by atoms with E-state index in [2.05, 4.69) is 15.7 Å². The van der Waals surface area contributed by atoms with Gasteiger partial charge in [-0.25, -0.2) is 4.68 Å². The molecule has 0 saturated heterocycles. The molecule has 2 amide bonds. The topological polar surface area (TPSA) is 131 Å². The number of carbonyl (C=O) groups excluding carboxylic acids is 2. The standard InChI is InChI=1S/C22H21N5O4/c1-12-18(22(30)26-14-6-4-3-5-7-14)19(13-8-9-16(28)17(10-13)31-2)27-21(25-12)15(11-24-27)20(23)29/h3-11,19,25,28H,1-2H3,(H2,23,29)(H,26,30). The monoisotopic (exact) mass is 419 g/mol. The summed E-state index contributed by atoms with van der Waals surface area (Å²) in [7, 11) is 1.44. The summed E-state index contributed by atoms with van der Waals surface area (Å²) in [5.74, 6) is -0.371. The van der Waals surface area contributed by atoms with E-state index in [4.69, 9.17) is 10.5 Å². The van der Waals surface area contributed by atoms with Crippen molar-refractivity contribution in [3.8, 4) is 11.5 Å². The molecular weight excluding hydrogens is 398 g/mol. The number of aromatic nitrogens is 2. The molecule has 2 aromatic carbocycles. The SMILES string of the molecule is COc1cc(C2C(C(=O)Nc3ccccc3)=C(C)Nc3c(C(N)=O)cnn32)ccc1O. The van der Waals surface area contributed by atoms with Gasteiger partial charge in [0.1, 0.15) is 17.4 Å². The van der Waals surface area contributed by atoms with Crippen LogP contribution >= 0.6 is 0 Å². The van der Waals surface area contributed by atoms with Crippen molar-refractivity contribution in [3.63, 3.8) is 0 Å². The maximum Gasteiger partial charge on any atom is 0.255 e. The number of anilines is 2. The Balaban J connectivity index is 1.85. The maximum atomic E-state index is 13.3. The Morgan fingerprint density at radius 1 is 1.23 bits per heavy atom. The first-order valence-electron chi connectivity index (χ1n) is 9.49. The third-order valence-corrected chi connectivity index (χ3v) is 5.08. The predicted octanol–water partition coefficient (Wildman–Crippen LogP) is 2.62. The molecule has 1 atom stereocenters. The summed E-state index contributed by atoms with van der Waals surface area (Å²) < 4.78 is 6.77. The third-order valence-electron chi connectivity index (χ3n) is 5.08. The zero-order valence-corrected chi connectivity index (χ0v) is 16.9. The number of ether oxygens (including phenoxy) is 1. The predicted molar refractivity (Wildman–Crippen MR) is 115 cm³/mol. The second kappa shape index (κ2) is 7.86. The number of nitrogens with one attached hydrogen (secondary N) is 2. The molecule has 0 spiro atoms. The second-order valence-electron chi connectivity index (χ2n) is 7.03. The molecule has 5 N–H and O–H groups in total. The first-order chi connectivity index (χ1) is 14.9. The number of phenolic OH excluding ortho intramolecular Hbond substituents is 1. The van der Waals surface area contributed by atoms with E-state index in [1.165, 1.54) is 24.1 Å². The van der Waals surface area contributed by atoms with Crippen LogP contribution in [-0.4, -0.2) is 33.8 Å². The number of fused-ring (bicyclic) bond motifs is 1. The van der Waals surface area contributed by atoms with Gasteiger partial charge in [-0.3, -0.25) is 9.59 Å². The summed E-state index contributed by atoms with van der Waals surface area (Å²) in [5.41, 5.74) is 7.91. The number of methoxy groups -OCH3 is 1. The number of hydrogen-bond acceptors (Lipinski definition) is 6. The van der Waals surface area contributed by atoms with Gasteiger partial charge in [0.25, 0.3) is 11.8 Å². The molecule has 1 aromatic heterocycles. The quantitative estimate of drug-likeness (QED) is 0.503. The van der Waals surface area contributed by atoms with Gasteiger partial charge in [-0.2, -0.15) is 5.10 Å². The number of benzene rings is 2. The summed E-state index contributed by atoms with van der Waals surface area (Å²) in [4.78, 5) is 25.2. The molecule has 1 aliphatic heterocycles. The number of carbonyl (C=O) groups is 2. The van der Waals surface area contributed by atoms with Gasteiger partial charge in [0.2, 0.25) is 0 Å². The zero-order valence-electron chi connectivity index (χ0n) is 16.9.